The van der Waals surface area contributed by atoms with E-state index in [-0.39, 0.29) is 17.4 Å². The molecule has 1 N–H and O–H groups in total. The molecule has 1 aromatic rings. The Hall–Kier alpha value is -1.88. The maximum Gasteiger partial charge on any atom is 0.251 e. The first-order valence-corrected chi connectivity index (χ1v) is 9.50. The molecule has 5 heteroatoms. The standard InChI is InChI=1S/C21H33N3O2/c1-16-7-6-8-18(13-16)20(26)22-14-17-9-11-24(12-10-17)15-19(25)23(5)21(2,3)4/h6-8,13,17H,9-12,14-15H2,1-5H3,(H,22,26). The molecule has 1 aliphatic heterocycles. The zero-order valence-electron chi connectivity index (χ0n) is 16.8. The fourth-order valence-corrected chi connectivity index (χ4v) is 3.15. The van der Waals surface area contributed by atoms with Gasteiger partial charge in [0, 0.05) is 24.7 Å². The molecule has 144 valence electrons. The van der Waals surface area contributed by atoms with Crippen molar-refractivity contribution in [2.75, 3.05) is 33.2 Å². The smallest absolute Gasteiger partial charge is 0.251 e. The van der Waals surface area contributed by atoms with Crippen molar-refractivity contribution in [2.45, 2.75) is 46.1 Å². The maximum absolute atomic E-state index is 12.4. The molecular formula is C21H33N3O2. The molecule has 0 unspecified atom stereocenters. The Kier molecular flexibility index (Phi) is 6.81. The second kappa shape index (κ2) is 8.67. The lowest BCUT2D eigenvalue weighted by Gasteiger charge is -2.36. The Labute approximate surface area is 157 Å². The summed E-state index contributed by atoms with van der Waals surface area (Å²) in [5.74, 6) is 0.650. The lowest BCUT2D eigenvalue weighted by Crippen LogP contribution is -2.49. The molecule has 5 nitrogen and oxygen atoms in total. The van der Waals surface area contributed by atoms with Crippen molar-refractivity contribution in [3.05, 3.63) is 35.4 Å². The summed E-state index contributed by atoms with van der Waals surface area (Å²) < 4.78 is 0. The maximum atomic E-state index is 12.4. The van der Waals surface area contributed by atoms with Crippen molar-refractivity contribution < 1.29 is 9.59 Å². The molecule has 1 fully saturated rings. The number of rotatable bonds is 5. The van der Waals surface area contributed by atoms with Crippen LogP contribution in [-0.4, -0.2) is 60.4 Å². The average Bonchev–Trinajstić information content (AvgIpc) is 2.59. The fourth-order valence-electron chi connectivity index (χ4n) is 3.15. The molecule has 2 amide bonds. The Morgan fingerprint density at radius 1 is 1.23 bits per heavy atom. The van der Waals surface area contributed by atoms with Gasteiger partial charge in [-0.2, -0.15) is 0 Å². The number of amides is 2. The van der Waals surface area contributed by atoms with Gasteiger partial charge in [-0.25, -0.2) is 0 Å². The van der Waals surface area contributed by atoms with Crippen molar-refractivity contribution in [3.63, 3.8) is 0 Å². The number of carbonyl (C=O) groups is 2. The van der Waals surface area contributed by atoms with E-state index in [2.05, 4.69) is 10.2 Å². The van der Waals surface area contributed by atoms with Crippen LogP contribution in [0.3, 0.4) is 0 Å². The molecule has 1 aliphatic rings. The monoisotopic (exact) mass is 359 g/mol. The largest absolute Gasteiger partial charge is 0.352 e. The van der Waals surface area contributed by atoms with Gasteiger partial charge in [-0.3, -0.25) is 14.5 Å². The highest BCUT2D eigenvalue weighted by molar-refractivity contribution is 5.94. The zero-order valence-corrected chi connectivity index (χ0v) is 16.8. The van der Waals surface area contributed by atoms with Gasteiger partial charge in [-0.1, -0.05) is 17.7 Å². The van der Waals surface area contributed by atoms with Crippen LogP contribution in [0.1, 0.15) is 49.5 Å². The Morgan fingerprint density at radius 3 is 2.46 bits per heavy atom. The molecule has 0 saturated carbocycles. The van der Waals surface area contributed by atoms with Gasteiger partial charge in [0.1, 0.15) is 0 Å². The Morgan fingerprint density at radius 2 is 1.88 bits per heavy atom. The topological polar surface area (TPSA) is 52.7 Å². The minimum Gasteiger partial charge on any atom is -0.352 e. The van der Waals surface area contributed by atoms with E-state index in [1.807, 2.05) is 63.9 Å². The number of nitrogens with one attached hydrogen (secondary N) is 1. The number of hydrogen-bond acceptors (Lipinski definition) is 3. The van der Waals surface area contributed by atoms with Crippen molar-refractivity contribution in [1.82, 2.24) is 15.1 Å². The SMILES string of the molecule is Cc1cccc(C(=O)NCC2CCN(CC(=O)N(C)C(C)(C)C)CC2)c1. The summed E-state index contributed by atoms with van der Waals surface area (Å²) in [6.45, 7) is 11.1. The second-order valence-corrected chi connectivity index (χ2v) is 8.42. The van der Waals surface area contributed by atoms with Gasteiger partial charge in [0.25, 0.3) is 5.91 Å². The highest BCUT2D eigenvalue weighted by Gasteiger charge is 2.26. The van der Waals surface area contributed by atoms with E-state index in [0.29, 0.717) is 19.0 Å². The summed E-state index contributed by atoms with van der Waals surface area (Å²) in [7, 11) is 1.87. The third-order valence-corrected chi connectivity index (χ3v) is 5.28. The van der Waals surface area contributed by atoms with Crippen LogP contribution in [0.5, 0.6) is 0 Å². The van der Waals surface area contributed by atoms with Gasteiger partial charge >= 0.3 is 0 Å². The van der Waals surface area contributed by atoms with Crippen LogP contribution in [0.2, 0.25) is 0 Å². The summed E-state index contributed by atoms with van der Waals surface area (Å²) in [6.07, 6.45) is 2.03. The lowest BCUT2D eigenvalue weighted by atomic mass is 9.96. The first kappa shape index (κ1) is 20.4. The number of hydrogen-bond donors (Lipinski definition) is 1. The van der Waals surface area contributed by atoms with Gasteiger partial charge in [-0.15, -0.1) is 0 Å². The van der Waals surface area contributed by atoms with Crippen LogP contribution < -0.4 is 5.32 Å². The van der Waals surface area contributed by atoms with Crippen LogP contribution in [0, 0.1) is 12.8 Å². The molecule has 26 heavy (non-hydrogen) atoms. The summed E-state index contributed by atoms with van der Waals surface area (Å²) in [5.41, 5.74) is 1.67. The highest BCUT2D eigenvalue weighted by Crippen LogP contribution is 2.18. The number of benzene rings is 1. The molecule has 0 aromatic heterocycles. The molecule has 1 heterocycles. The molecule has 0 radical (unpaired) electrons. The first-order valence-electron chi connectivity index (χ1n) is 9.50. The Bertz CT molecular complexity index is 628. The van der Waals surface area contributed by atoms with Crippen molar-refractivity contribution >= 4 is 11.8 Å². The van der Waals surface area contributed by atoms with Crippen LogP contribution in [0.4, 0.5) is 0 Å². The number of nitrogens with zero attached hydrogens (tertiary/aromatic N) is 2. The van der Waals surface area contributed by atoms with Gasteiger partial charge in [0.2, 0.25) is 5.91 Å². The normalized spacial score (nSPS) is 16.3. The molecule has 0 atom stereocenters. The van der Waals surface area contributed by atoms with E-state index in [1.165, 1.54) is 0 Å². The number of likely N-dealkylation sites (N-methyl/N-ethyl adjacent to an activating group) is 1. The van der Waals surface area contributed by atoms with Crippen molar-refractivity contribution in [2.24, 2.45) is 5.92 Å². The summed E-state index contributed by atoms with van der Waals surface area (Å²) >= 11 is 0. The van der Waals surface area contributed by atoms with Gasteiger partial charge in [0.05, 0.1) is 6.54 Å². The number of likely N-dealkylation sites (tertiary alicyclic amines) is 1. The highest BCUT2D eigenvalue weighted by atomic mass is 16.2. The number of piperidine rings is 1. The van der Waals surface area contributed by atoms with Gasteiger partial charge < -0.3 is 10.2 Å². The van der Waals surface area contributed by atoms with E-state index >= 15 is 0 Å². The zero-order chi connectivity index (χ0) is 19.3. The second-order valence-electron chi connectivity index (χ2n) is 8.42. The fraction of sp³-hybridized carbons (Fsp3) is 0.619. The van der Waals surface area contributed by atoms with Crippen molar-refractivity contribution in [3.8, 4) is 0 Å². The lowest BCUT2D eigenvalue weighted by molar-refractivity contribution is -0.135. The minimum atomic E-state index is -0.143. The predicted molar refractivity (Wildman–Crippen MR) is 105 cm³/mol. The number of carbonyl (C=O) groups excluding carboxylic acids is 2. The van der Waals surface area contributed by atoms with Crippen LogP contribution >= 0.6 is 0 Å². The summed E-state index contributed by atoms with van der Waals surface area (Å²) in [4.78, 5) is 28.7. The summed E-state index contributed by atoms with van der Waals surface area (Å²) in [5, 5.41) is 3.06. The van der Waals surface area contributed by atoms with Gasteiger partial charge in [-0.05, 0) is 71.7 Å². The predicted octanol–water partition coefficient (Wildman–Crippen LogP) is 2.69. The van der Waals surface area contributed by atoms with Crippen LogP contribution in [0.25, 0.3) is 0 Å². The van der Waals surface area contributed by atoms with Crippen LogP contribution in [0.15, 0.2) is 24.3 Å². The number of aryl methyl sites for hydroxylation is 1. The first-order chi connectivity index (χ1) is 12.2. The van der Waals surface area contributed by atoms with Crippen molar-refractivity contribution in [1.29, 1.82) is 0 Å². The molecular weight excluding hydrogens is 326 g/mol. The van der Waals surface area contributed by atoms with E-state index in [0.717, 1.165) is 37.1 Å². The molecule has 2 rings (SSSR count). The molecule has 1 saturated heterocycles. The van der Waals surface area contributed by atoms with E-state index in [9.17, 15) is 9.59 Å². The average molecular weight is 360 g/mol. The van der Waals surface area contributed by atoms with Crippen LogP contribution in [-0.2, 0) is 4.79 Å². The van der Waals surface area contributed by atoms with E-state index in [1.54, 1.807) is 0 Å². The quantitative estimate of drug-likeness (QED) is 0.879. The molecule has 0 aliphatic carbocycles. The third-order valence-electron chi connectivity index (χ3n) is 5.28. The molecule has 0 spiro atoms. The molecule has 0 bridgehead atoms. The summed E-state index contributed by atoms with van der Waals surface area (Å²) in [6, 6.07) is 7.66. The molecule has 1 aromatic carbocycles. The third kappa shape index (κ3) is 5.84. The minimum absolute atomic E-state index is 0.00175. The van der Waals surface area contributed by atoms with E-state index in [4.69, 9.17) is 0 Å². The Balaban J connectivity index is 1.73. The van der Waals surface area contributed by atoms with Gasteiger partial charge in [0.15, 0.2) is 0 Å². The van der Waals surface area contributed by atoms with E-state index < -0.39 is 0 Å².